The number of Topliss-reactive ketones (excluding diaryl/α,β-unsaturated/α-hetero) is 1. The van der Waals surface area contributed by atoms with Crippen LogP contribution in [0.3, 0.4) is 0 Å². The van der Waals surface area contributed by atoms with Crippen LogP contribution in [-0.4, -0.2) is 42.4 Å². The van der Waals surface area contributed by atoms with Gasteiger partial charge in [0.2, 0.25) is 0 Å². The topological polar surface area (TPSA) is 78.0 Å². The second-order valence-corrected chi connectivity index (χ2v) is 10.4. The first kappa shape index (κ1) is 22.2. The third kappa shape index (κ3) is 3.51. The van der Waals surface area contributed by atoms with Gasteiger partial charge in [-0.2, -0.15) is 0 Å². The van der Waals surface area contributed by atoms with Crippen LogP contribution in [0.2, 0.25) is 0 Å². The van der Waals surface area contributed by atoms with E-state index < -0.39 is 6.04 Å². The molecular formula is C24H25ClN2O5S. The summed E-state index contributed by atoms with van der Waals surface area (Å²) in [6, 6.07) is 4.63. The highest BCUT2D eigenvalue weighted by molar-refractivity contribution is 7.15. The fourth-order valence-electron chi connectivity index (χ4n) is 4.92. The predicted octanol–water partition coefficient (Wildman–Crippen LogP) is 4.49. The van der Waals surface area contributed by atoms with E-state index in [-0.39, 0.29) is 34.8 Å². The van der Waals surface area contributed by atoms with E-state index in [1.807, 2.05) is 13.8 Å². The molecule has 0 spiro atoms. The first-order valence-electron chi connectivity index (χ1n) is 10.9. The lowest BCUT2D eigenvalue weighted by Crippen LogP contribution is -2.41. The van der Waals surface area contributed by atoms with Crippen LogP contribution >= 0.6 is 22.9 Å². The number of thiazole rings is 1. The smallest absolute Gasteiger partial charge is 0.296 e. The number of halogens is 1. The molecule has 2 aromatic rings. The molecule has 5 rings (SSSR count). The molecule has 0 N–H and O–H groups in total. The average molecular weight is 489 g/mol. The number of aromatic nitrogens is 1. The summed E-state index contributed by atoms with van der Waals surface area (Å²) in [4.78, 5) is 34.8. The molecule has 4 atom stereocenters. The Morgan fingerprint density at radius 2 is 1.97 bits per heavy atom. The van der Waals surface area contributed by atoms with Crippen LogP contribution in [0.15, 0.2) is 29.5 Å². The number of carbonyl (C=O) groups is 2. The Morgan fingerprint density at radius 3 is 2.64 bits per heavy atom. The van der Waals surface area contributed by atoms with Crippen molar-refractivity contribution >= 4 is 39.8 Å². The lowest BCUT2D eigenvalue weighted by Gasteiger charge is -2.37. The number of carbonyl (C=O) groups excluding carboxylic acids is 2. The van der Waals surface area contributed by atoms with E-state index >= 15 is 0 Å². The van der Waals surface area contributed by atoms with Crippen LogP contribution < -0.4 is 14.4 Å². The van der Waals surface area contributed by atoms with Gasteiger partial charge in [-0.1, -0.05) is 0 Å². The van der Waals surface area contributed by atoms with E-state index in [0.717, 1.165) is 17.0 Å². The molecule has 0 saturated heterocycles. The highest BCUT2D eigenvalue weighted by atomic mass is 35.5. The summed E-state index contributed by atoms with van der Waals surface area (Å²) in [5.74, 6) is 0.461. The summed E-state index contributed by atoms with van der Waals surface area (Å²) in [7, 11) is 3.14. The second-order valence-electron chi connectivity index (χ2n) is 8.60. The number of hydrogen-bond donors (Lipinski definition) is 0. The summed E-state index contributed by atoms with van der Waals surface area (Å²) in [6.45, 7) is 3.86. The Kier molecular flexibility index (Phi) is 5.61. The SMILES string of the molecule is COc1ccc(OC)c(C2C3=C(OC4CCC(Cl)CC4C3=O)C(=O)N2c2nc(C)c(C)s2)c1. The standard InChI is InChI=1S/C24H25ClN2O5S/c1-11-12(2)33-24(26-11)27-20(15-10-14(30-3)6-8-17(15)31-4)19-21(28)16-9-13(25)5-7-18(16)32-22(19)23(27)29/h6,8,10,13,16,18,20H,5,7,9H2,1-4H3. The first-order chi connectivity index (χ1) is 15.8. The molecule has 1 fully saturated rings. The molecule has 174 valence electrons. The normalized spacial score (nSPS) is 26.8. The minimum absolute atomic E-state index is 0.0803. The summed E-state index contributed by atoms with van der Waals surface area (Å²) in [6.07, 6.45) is 1.61. The van der Waals surface area contributed by atoms with E-state index in [1.54, 1.807) is 37.3 Å². The van der Waals surface area contributed by atoms with Gasteiger partial charge in [0.05, 0.1) is 31.4 Å². The molecule has 33 heavy (non-hydrogen) atoms. The van der Waals surface area contributed by atoms with Crippen molar-refractivity contribution in [2.24, 2.45) is 5.92 Å². The Hall–Kier alpha value is -2.58. The quantitative estimate of drug-likeness (QED) is 0.590. The molecule has 2 aliphatic heterocycles. The number of nitrogens with zero attached hydrogens (tertiary/aromatic N) is 2. The molecule has 1 amide bonds. The molecule has 1 aromatic heterocycles. The van der Waals surface area contributed by atoms with E-state index in [2.05, 4.69) is 4.98 Å². The lowest BCUT2D eigenvalue weighted by atomic mass is 9.77. The zero-order valence-corrected chi connectivity index (χ0v) is 20.5. The summed E-state index contributed by atoms with van der Waals surface area (Å²) in [5, 5.41) is 0.442. The maximum atomic E-state index is 13.9. The van der Waals surface area contributed by atoms with Crippen molar-refractivity contribution in [3.63, 3.8) is 0 Å². The van der Waals surface area contributed by atoms with Gasteiger partial charge in [-0.25, -0.2) is 4.98 Å². The predicted molar refractivity (Wildman–Crippen MR) is 125 cm³/mol. The number of hydrogen-bond acceptors (Lipinski definition) is 7. The highest BCUT2D eigenvalue weighted by Crippen LogP contribution is 2.51. The highest BCUT2D eigenvalue weighted by Gasteiger charge is 2.54. The van der Waals surface area contributed by atoms with Gasteiger partial charge in [0.25, 0.3) is 5.91 Å². The van der Waals surface area contributed by atoms with E-state index in [9.17, 15) is 9.59 Å². The van der Waals surface area contributed by atoms with E-state index in [1.165, 1.54) is 11.3 Å². The number of aryl methyl sites for hydroxylation is 2. The van der Waals surface area contributed by atoms with Gasteiger partial charge in [0.1, 0.15) is 23.6 Å². The van der Waals surface area contributed by atoms with Gasteiger partial charge in [-0.3, -0.25) is 14.5 Å². The Balaban J connectivity index is 1.70. The first-order valence-corrected chi connectivity index (χ1v) is 12.2. The van der Waals surface area contributed by atoms with Crippen LogP contribution in [-0.2, 0) is 14.3 Å². The van der Waals surface area contributed by atoms with Gasteiger partial charge < -0.3 is 14.2 Å². The van der Waals surface area contributed by atoms with Crippen molar-refractivity contribution in [1.82, 2.24) is 4.98 Å². The number of ketones is 1. The van der Waals surface area contributed by atoms with Gasteiger partial charge >= 0.3 is 0 Å². The number of methoxy groups -OCH3 is 2. The minimum atomic E-state index is -0.730. The van der Waals surface area contributed by atoms with Crippen molar-refractivity contribution < 1.29 is 23.8 Å². The third-order valence-corrected chi connectivity index (χ3v) is 8.21. The molecule has 3 aliphatic rings. The summed E-state index contributed by atoms with van der Waals surface area (Å²) >= 11 is 7.83. The molecule has 0 bridgehead atoms. The Labute approximate surface area is 201 Å². The summed E-state index contributed by atoms with van der Waals surface area (Å²) < 4.78 is 17.3. The number of amides is 1. The van der Waals surface area contributed by atoms with Gasteiger partial charge in [0, 0.05) is 15.8 Å². The van der Waals surface area contributed by atoms with Crippen LogP contribution in [0.5, 0.6) is 11.5 Å². The van der Waals surface area contributed by atoms with Crippen molar-refractivity contribution in [3.05, 3.63) is 45.7 Å². The fraction of sp³-hybridized carbons (Fsp3) is 0.458. The number of ether oxygens (including phenoxy) is 3. The van der Waals surface area contributed by atoms with Crippen LogP contribution in [0.25, 0.3) is 0 Å². The monoisotopic (exact) mass is 488 g/mol. The van der Waals surface area contributed by atoms with E-state index in [0.29, 0.717) is 40.6 Å². The molecule has 3 heterocycles. The molecule has 1 aliphatic carbocycles. The molecule has 9 heteroatoms. The van der Waals surface area contributed by atoms with Gasteiger partial charge in [-0.05, 0) is 51.3 Å². The molecule has 0 radical (unpaired) electrons. The number of fused-ring (bicyclic) bond motifs is 1. The zero-order chi connectivity index (χ0) is 23.4. The Bertz CT molecular complexity index is 1160. The molecule has 7 nitrogen and oxygen atoms in total. The van der Waals surface area contributed by atoms with Crippen molar-refractivity contribution in [1.29, 1.82) is 0 Å². The maximum Gasteiger partial charge on any atom is 0.296 e. The number of alkyl halides is 1. The van der Waals surface area contributed by atoms with Gasteiger partial charge in [0.15, 0.2) is 16.7 Å². The summed E-state index contributed by atoms with van der Waals surface area (Å²) in [5.41, 5.74) is 1.84. The van der Waals surface area contributed by atoms with Gasteiger partial charge in [-0.15, -0.1) is 22.9 Å². The minimum Gasteiger partial charge on any atom is -0.497 e. The average Bonchev–Trinajstić information content (AvgIpc) is 3.29. The largest absolute Gasteiger partial charge is 0.497 e. The van der Waals surface area contributed by atoms with Crippen molar-refractivity contribution in [2.45, 2.75) is 50.6 Å². The second kappa shape index (κ2) is 8.33. The maximum absolute atomic E-state index is 13.9. The molecular weight excluding hydrogens is 464 g/mol. The number of anilines is 1. The number of benzene rings is 1. The zero-order valence-electron chi connectivity index (χ0n) is 18.9. The Morgan fingerprint density at radius 1 is 1.18 bits per heavy atom. The fourth-order valence-corrected chi connectivity index (χ4v) is 6.17. The van der Waals surface area contributed by atoms with Crippen LogP contribution in [0.1, 0.15) is 41.4 Å². The molecule has 4 unspecified atom stereocenters. The third-order valence-electron chi connectivity index (χ3n) is 6.74. The lowest BCUT2D eigenvalue weighted by molar-refractivity contribution is -0.131. The van der Waals surface area contributed by atoms with Crippen LogP contribution in [0, 0.1) is 19.8 Å². The molecule has 1 saturated carbocycles. The van der Waals surface area contributed by atoms with Crippen molar-refractivity contribution in [2.75, 3.05) is 19.1 Å². The number of rotatable bonds is 4. The molecule has 1 aromatic carbocycles. The van der Waals surface area contributed by atoms with Crippen LogP contribution in [0.4, 0.5) is 5.13 Å². The van der Waals surface area contributed by atoms with Crippen molar-refractivity contribution in [3.8, 4) is 11.5 Å². The van der Waals surface area contributed by atoms with E-state index in [4.69, 9.17) is 25.8 Å².